The summed E-state index contributed by atoms with van der Waals surface area (Å²) < 4.78 is 5.44. The fraction of sp³-hybridized carbons (Fsp3) is 0.579. The van der Waals surface area contributed by atoms with Gasteiger partial charge in [0.05, 0.1) is 5.56 Å². The average molecular weight is 407 g/mol. The maximum absolute atomic E-state index is 12.7. The maximum atomic E-state index is 12.7. The number of carboxylic acid groups (broad SMARTS) is 2. The fourth-order valence-electron chi connectivity index (χ4n) is 3.86. The molecule has 2 aromatic rings. The Kier molecular flexibility index (Phi) is 6.66. The van der Waals surface area contributed by atoms with Crippen LogP contribution in [0.5, 0.6) is 0 Å². The molecule has 8 nitrogen and oxygen atoms in total. The topological polar surface area (TPSA) is 126 Å². The Morgan fingerprint density at radius 2 is 1.79 bits per heavy atom. The van der Waals surface area contributed by atoms with Crippen molar-refractivity contribution >= 4 is 28.4 Å². The van der Waals surface area contributed by atoms with Crippen LogP contribution < -0.4 is 5.32 Å². The zero-order valence-corrected chi connectivity index (χ0v) is 16.7. The van der Waals surface area contributed by atoms with E-state index in [4.69, 9.17) is 19.5 Å². The van der Waals surface area contributed by atoms with Crippen molar-refractivity contribution in [1.82, 2.24) is 10.1 Å². The molecule has 0 radical (unpaired) electrons. The van der Waals surface area contributed by atoms with Gasteiger partial charge < -0.3 is 20.1 Å². The van der Waals surface area contributed by atoms with Gasteiger partial charge in [0.1, 0.15) is 5.00 Å². The van der Waals surface area contributed by atoms with Crippen molar-refractivity contribution in [3.8, 4) is 11.5 Å². The molecule has 2 aliphatic carbocycles. The molecule has 2 aromatic heterocycles. The predicted molar refractivity (Wildman–Crippen MR) is 105 cm³/mol. The zero-order valence-electron chi connectivity index (χ0n) is 15.9. The summed E-state index contributed by atoms with van der Waals surface area (Å²) in [6.45, 7) is 1.83. The van der Waals surface area contributed by atoms with Gasteiger partial charge in [0, 0.05) is 10.8 Å². The molecule has 0 saturated heterocycles. The Bertz CT molecular complexity index is 835. The van der Waals surface area contributed by atoms with Crippen molar-refractivity contribution in [3.63, 3.8) is 0 Å². The van der Waals surface area contributed by atoms with Crippen LogP contribution in [0.2, 0.25) is 0 Å². The SMILES string of the molecule is Cc1noc(-c2c(NC(=O)C3CCCCC3)sc3c2CCCC3)n1.O=C(O)O. The molecule has 2 aliphatic rings. The minimum Gasteiger partial charge on any atom is -0.450 e. The third-order valence-electron chi connectivity index (χ3n) is 5.13. The van der Waals surface area contributed by atoms with E-state index < -0.39 is 6.16 Å². The van der Waals surface area contributed by atoms with Gasteiger partial charge in [-0.3, -0.25) is 4.79 Å². The Labute approximate surface area is 167 Å². The van der Waals surface area contributed by atoms with Gasteiger partial charge in [-0.1, -0.05) is 24.4 Å². The van der Waals surface area contributed by atoms with E-state index in [1.807, 2.05) is 6.92 Å². The number of aromatic nitrogens is 2. The van der Waals surface area contributed by atoms with Crippen LogP contribution in [0, 0.1) is 12.8 Å². The highest BCUT2D eigenvalue weighted by molar-refractivity contribution is 7.17. The molecular formula is C19H25N3O5S. The quantitative estimate of drug-likeness (QED) is 0.671. The summed E-state index contributed by atoms with van der Waals surface area (Å²) in [6.07, 6.45) is 8.26. The summed E-state index contributed by atoms with van der Waals surface area (Å²) in [7, 11) is 0. The number of amides is 1. The minimum absolute atomic E-state index is 0.148. The van der Waals surface area contributed by atoms with Crippen LogP contribution in [0.3, 0.4) is 0 Å². The minimum atomic E-state index is -1.83. The number of carbonyl (C=O) groups excluding carboxylic acids is 1. The molecule has 28 heavy (non-hydrogen) atoms. The molecule has 1 amide bonds. The summed E-state index contributed by atoms with van der Waals surface area (Å²) in [6, 6.07) is 0. The lowest BCUT2D eigenvalue weighted by atomic mass is 9.88. The Morgan fingerprint density at radius 1 is 1.11 bits per heavy atom. The fourth-order valence-corrected chi connectivity index (χ4v) is 5.14. The molecule has 0 unspecified atom stereocenters. The number of hydrogen-bond acceptors (Lipinski definition) is 6. The lowest BCUT2D eigenvalue weighted by molar-refractivity contribution is -0.120. The largest absolute Gasteiger partial charge is 0.503 e. The Balaban J connectivity index is 0.000000516. The second kappa shape index (κ2) is 9.18. The zero-order chi connectivity index (χ0) is 20.1. The molecule has 0 aromatic carbocycles. The number of hydrogen-bond donors (Lipinski definition) is 3. The first-order chi connectivity index (χ1) is 13.5. The van der Waals surface area contributed by atoms with Gasteiger partial charge in [-0.2, -0.15) is 4.98 Å². The van der Waals surface area contributed by atoms with Gasteiger partial charge in [-0.05, 0) is 51.0 Å². The Hall–Kier alpha value is -2.42. The highest BCUT2D eigenvalue weighted by atomic mass is 32.1. The first-order valence-corrected chi connectivity index (χ1v) is 10.5. The normalized spacial score (nSPS) is 16.6. The molecule has 0 spiro atoms. The van der Waals surface area contributed by atoms with Crippen molar-refractivity contribution < 1.29 is 24.3 Å². The third kappa shape index (κ3) is 4.89. The molecule has 0 aliphatic heterocycles. The second-order valence-corrected chi connectivity index (χ2v) is 8.27. The van der Waals surface area contributed by atoms with E-state index in [0.717, 1.165) is 49.1 Å². The van der Waals surface area contributed by atoms with Gasteiger partial charge in [-0.15, -0.1) is 11.3 Å². The van der Waals surface area contributed by atoms with Crippen LogP contribution in [-0.2, 0) is 17.6 Å². The smallest absolute Gasteiger partial charge is 0.450 e. The number of carbonyl (C=O) groups is 2. The second-order valence-electron chi connectivity index (χ2n) is 7.17. The van der Waals surface area contributed by atoms with E-state index in [1.54, 1.807) is 11.3 Å². The number of fused-ring (bicyclic) bond motifs is 1. The molecule has 1 fully saturated rings. The van der Waals surface area contributed by atoms with Crippen LogP contribution in [0.1, 0.15) is 61.2 Å². The van der Waals surface area contributed by atoms with Crippen molar-refractivity contribution in [2.24, 2.45) is 5.92 Å². The summed E-state index contributed by atoms with van der Waals surface area (Å²) in [5.41, 5.74) is 2.27. The van der Waals surface area contributed by atoms with E-state index in [9.17, 15) is 4.79 Å². The molecule has 9 heteroatoms. The number of nitrogens with zero attached hydrogens (tertiary/aromatic N) is 2. The Morgan fingerprint density at radius 3 is 2.43 bits per heavy atom. The van der Waals surface area contributed by atoms with Crippen LogP contribution in [0.4, 0.5) is 9.80 Å². The number of anilines is 1. The molecule has 0 atom stereocenters. The summed E-state index contributed by atoms with van der Waals surface area (Å²) in [5.74, 6) is 1.48. The lowest BCUT2D eigenvalue weighted by Crippen LogP contribution is -2.24. The van der Waals surface area contributed by atoms with Gasteiger partial charge >= 0.3 is 6.16 Å². The molecular weight excluding hydrogens is 382 g/mol. The third-order valence-corrected chi connectivity index (χ3v) is 6.33. The monoisotopic (exact) mass is 407 g/mol. The average Bonchev–Trinajstić information content (AvgIpc) is 3.24. The van der Waals surface area contributed by atoms with Crippen molar-refractivity contribution in [2.75, 3.05) is 5.32 Å². The standard InChI is InChI=1S/C18H23N3O2S.CH2O3/c1-11-19-17(23-21-11)15-13-9-5-6-10-14(13)24-18(15)20-16(22)12-7-3-2-4-8-12;2-1(3)4/h12H,2-10H2,1H3,(H,20,22);(H2,2,3,4). The number of rotatable bonds is 3. The van der Waals surface area contributed by atoms with Crippen LogP contribution in [0.25, 0.3) is 11.5 Å². The summed E-state index contributed by atoms with van der Waals surface area (Å²) >= 11 is 1.70. The van der Waals surface area contributed by atoms with Crippen molar-refractivity contribution in [1.29, 1.82) is 0 Å². The van der Waals surface area contributed by atoms with E-state index in [2.05, 4.69) is 15.5 Å². The number of thiophene rings is 1. The molecule has 2 heterocycles. The highest BCUT2D eigenvalue weighted by Gasteiger charge is 2.28. The van der Waals surface area contributed by atoms with E-state index in [0.29, 0.717) is 11.7 Å². The highest BCUT2D eigenvalue weighted by Crippen LogP contribution is 2.44. The summed E-state index contributed by atoms with van der Waals surface area (Å²) in [5, 5.41) is 22.0. The van der Waals surface area contributed by atoms with Crippen LogP contribution >= 0.6 is 11.3 Å². The number of aryl methyl sites for hydroxylation is 2. The maximum Gasteiger partial charge on any atom is 0.503 e. The first-order valence-electron chi connectivity index (χ1n) is 9.63. The van der Waals surface area contributed by atoms with E-state index in [-0.39, 0.29) is 11.8 Å². The summed E-state index contributed by atoms with van der Waals surface area (Å²) in [4.78, 5) is 27.0. The van der Waals surface area contributed by atoms with Crippen LogP contribution in [0.15, 0.2) is 4.52 Å². The van der Waals surface area contributed by atoms with Crippen LogP contribution in [-0.4, -0.2) is 32.4 Å². The first kappa shape index (κ1) is 20.3. The number of nitrogens with one attached hydrogen (secondary N) is 1. The molecule has 1 saturated carbocycles. The molecule has 0 bridgehead atoms. The molecule has 152 valence electrons. The van der Waals surface area contributed by atoms with Gasteiger partial charge in [0.2, 0.25) is 5.91 Å². The van der Waals surface area contributed by atoms with Crippen molar-refractivity contribution in [3.05, 3.63) is 16.3 Å². The van der Waals surface area contributed by atoms with E-state index >= 15 is 0 Å². The van der Waals surface area contributed by atoms with Gasteiger partial charge in [-0.25, -0.2) is 4.79 Å². The van der Waals surface area contributed by atoms with Crippen molar-refractivity contribution in [2.45, 2.75) is 64.7 Å². The van der Waals surface area contributed by atoms with E-state index in [1.165, 1.54) is 29.7 Å². The lowest BCUT2D eigenvalue weighted by Gasteiger charge is -2.20. The van der Waals surface area contributed by atoms with Gasteiger partial charge in [0.25, 0.3) is 5.89 Å². The predicted octanol–water partition coefficient (Wildman–Crippen LogP) is 4.73. The molecule has 4 rings (SSSR count). The molecule has 3 N–H and O–H groups in total. The van der Waals surface area contributed by atoms with Gasteiger partial charge in [0.15, 0.2) is 5.82 Å².